The molecule has 2 aromatic carbocycles. The van der Waals surface area contributed by atoms with Gasteiger partial charge >= 0.3 is 5.97 Å². The van der Waals surface area contributed by atoms with Gasteiger partial charge in [0, 0.05) is 18.4 Å². The lowest BCUT2D eigenvalue weighted by Gasteiger charge is -2.25. The Labute approximate surface area is 163 Å². The predicted octanol–water partition coefficient (Wildman–Crippen LogP) is 2.65. The molecule has 7 nitrogen and oxygen atoms in total. The first kappa shape index (κ1) is 19.6. The highest BCUT2D eigenvalue weighted by atomic mass is 16.5. The number of hydrogen-bond donors (Lipinski definition) is 2. The number of carbonyl (C=O) groups is 2. The molecule has 1 aliphatic heterocycles. The number of rotatable bonds is 7. The van der Waals surface area contributed by atoms with E-state index in [1.807, 2.05) is 47.5 Å². The van der Waals surface area contributed by atoms with Gasteiger partial charge in [0.15, 0.2) is 11.6 Å². The molecule has 7 heteroatoms. The highest BCUT2D eigenvalue weighted by molar-refractivity contribution is 6.39. The topological polar surface area (TPSA) is 91.2 Å². The number of ketones is 1. The summed E-state index contributed by atoms with van der Waals surface area (Å²) in [5, 5.41) is 11.5. The zero-order valence-electron chi connectivity index (χ0n) is 15.7. The molecule has 0 amide bonds. The minimum absolute atomic E-state index is 0.165. The van der Waals surface area contributed by atoms with E-state index in [4.69, 9.17) is 0 Å². The van der Waals surface area contributed by atoms with Gasteiger partial charge in [-0.1, -0.05) is 36.4 Å². The molecule has 0 fully saturated rings. The molecule has 0 radical (unpaired) electrons. The van der Waals surface area contributed by atoms with Crippen molar-refractivity contribution in [1.82, 2.24) is 5.43 Å². The average Bonchev–Trinajstić information content (AvgIpc) is 2.94. The lowest BCUT2D eigenvalue weighted by atomic mass is 10.1. The molecule has 3 rings (SSSR count). The normalized spacial score (nSPS) is 13.1. The Bertz CT molecular complexity index is 880. The van der Waals surface area contributed by atoms with Gasteiger partial charge in [-0.15, -0.1) is 0 Å². The maximum Gasteiger partial charge on any atom is 0.305 e. The fourth-order valence-electron chi connectivity index (χ4n) is 3.02. The summed E-state index contributed by atoms with van der Waals surface area (Å²) in [5.41, 5.74) is 6.18. The van der Waals surface area contributed by atoms with Gasteiger partial charge in [-0.3, -0.25) is 20.0 Å². The van der Waals surface area contributed by atoms with Crippen LogP contribution in [0.25, 0.3) is 0 Å². The van der Waals surface area contributed by atoms with Gasteiger partial charge in [-0.2, -0.15) is 0 Å². The zero-order valence-corrected chi connectivity index (χ0v) is 15.7. The largest absolute Gasteiger partial charge is 0.469 e. The Morgan fingerprint density at radius 1 is 1.14 bits per heavy atom. The Balaban J connectivity index is 1.90. The number of carbonyl (C=O) groups excluding carboxylic acids is 2. The van der Waals surface area contributed by atoms with Crippen LogP contribution >= 0.6 is 0 Å². The highest BCUT2D eigenvalue weighted by Gasteiger charge is 2.22. The van der Waals surface area contributed by atoms with E-state index >= 15 is 0 Å². The Morgan fingerprint density at radius 2 is 1.93 bits per heavy atom. The number of aliphatic imine (C=N–C) groups is 1. The van der Waals surface area contributed by atoms with Gasteiger partial charge in [-0.05, 0) is 24.1 Å². The number of aliphatic hydroxyl groups excluding tert-OH is 1. The first-order valence-corrected chi connectivity index (χ1v) is 9.12. The summed E-state index contributed by atoms with van der Waals surface area (Å²) in [5.74, 6) is -0.360. The van der Waals surface area contributed by atoms with E-state index in [0.29, 0.717) is 24.2 Å². The van der Waals surface area contributed by atoms with Crippen molar-refractivity contribution in [3.05, 3.63) is 59.7 Å². The number of benzene rings is 2. The van der Waals surface area contributed by atoms with E-state index in [1.54, 1.807) is 6.07 Å². The Morgan fingerprint density at radius 3 is 2.64 bits per heavy atom. The molecule has 0 spiro atoms. The third-order valence-corrected chi connectivity index (χ3v) is 4.51. The van der Waals surface area contributed by atoms with Crippen LogP contribution in [0.15, 0.2) is 53.5 Å². The quantitative estimate of drug-likeness (QED) is 0.717. The highest BCUT2D eigenvalue weighted by Crippen LogP contribution is 2.29. The standard InChI is InChI=1S/C21H23N3O4/c1-28-19(27)12-6-11-18(26)21-22-20-15(7-5-8-16(20)14-25)13-24(23-21)17-9-3-2-4-10-17/h2-5,7-10,25H,6,11-14H2,1H3,(H,22,23). The summed E-state index contributed by atoms with van der Waals surface area (Å²) in [6.45, 7) is 0.317. The van der Waals surface area contributed by atoms with Crippen molar-refractivity contribution in [2.45, 2.75) is 32.4 Å². The van der Waals surface area contributed by atoms with Gasteiger partial charge in [0.1, 0.15) is 0 Å². The molecule has 1 aliphatic rings. The number of aliphatic hydroxyl groups is 1. The van der Waals surface area contributed by atoms with Crippen molar-refractivity contribution in [3.63, 3.8) is 0 Å². The van der Waals surface area contributed by atoms with Crippen LogP contribution < -0.4 is 10.4 Å². The minimum atomic E-state index is -0.345. The van der Waals surface area contributed by atoms with E-state index in [1.165, 1.54) is 7.11 Å². The number of methoxy groups -OCH3 is 1. The minimum Gasteiger partial charge on any atom is -0.469 e. The predicted molar refractivity (Wildman–Crippen MR) is 106 cm³/mol. The monoisotopic (exact) mass is 381 g/mol. The average molecular weight is 381 g/mol. The number of amidine groups is 1. The van der Waals surface area contributed by atoms with Crippen LogP contribution in [-0.4, -0.2) is 29.8 Å². The second-order valence-electron chi connectivity index (χ2n) is 6.43. The zero-order chi connectivity index (χ0) is 19.9. The first-order chi connectivity index (χ1) is 13.6. The first-order valence-electron chi connectivity index (χ1n) is 9.12. The number of hydrazine groups is 1. The number of nitrogens with one attached hydrogen (secondary N) is 1. The number of hydrogen-bond acceptors (Lipinski definition) is 7. The van der Waals surface area contributed by atoms with Crippen molar-refractivity contribution < 1.29 is 19.4 Å². The number of ether oxygens (including phenoxy) is 1. The third kappa shape index (κ3) is 4.55. The summed E-state index contributed by atoms with van der Waals surface area (Å²) in [6, 6.07) is 15.2. The molecular weight excluding hydrogens is 358 g/mol. The van der Waals surface area contributed by atoms with Crippen molar-refractivity contribution in [2.75, 3.05) is 12.1 Å². The van der Waals surface area contributed by atoms with Crippen LogP contribution in [0.2, 0.25) is 0 Å². The second kappa shape index (κ2) is 9.14. The van der Waals surface area contributed by atoms with Gasteiger partial charge in [0.05, 0.1) is 31.6 Å². The van der Waals surface area contributed by atoms with Gasteiger partial charge < -0.3 is 9.84 Å². The molecule has 0 bridgehead atoms. The number of esters is 1. The van der Waals surface area contributed by atoms with Crippen molar-refractivity contribution in [2.24, 2.45) is 4.99 Å². The maximum absolute atomic E-state index is 12.8. The fourth-order valence-corrected chi connectivity index (χ4v) is 3.02. The van der Waals surface area contributed by atoms with E-state index in [2.05, 4.69) is 15.2 Å². The summed E-state index contributed by atoms with van der Waals surface area (Å²) in [7, 11) is 1.33. The third-order valence-electron chi connectivity index (χ3n) is 4.51. The van der Waals surface area contributed by atoms with Crippen LogP contribution in [0, 0.1) is 0 Å². The second-order valence-corrected chi connectivity index (χ2v) is 6.43. The van der Waals surface area contributed by atoms with Crippen LogP contribution in [-0.2, 0) is 27.5 Å². The smallest absolute Gasteiger partial charge is 0.305 e. The van der Waals surface area contributed by atoms with E-state index in [-0.39, 0.29) is 37.0 Å². The van der Waals surface area contributed by atoms with Crippen LogP contribution in [0.3, 0.4) is 0 Å². The molecule has 0 aromatic heterocycles. The molecule has 28 heavy (non-hydrogen) atoms. The Kier molecular flexibility index (Phi) is 6.39. The summed E-state index contributed by atoms with van der Waals surface area (Å²) < 4.78 is 4.62. The Hall–Kier alpha value is -3.19. The molecule has 0 atom stereocenters. The van der Waals surface area contributed by atoms with Crippen LogP contribution in [0.5, 0.6) is 0 Å². The van der Waals surface area contributed by atoms with Crippen molar-refractivity contribution in [3.8, 4) is 0 Å². The van der Waals surface area contributed by atoms with Crippen molar-refractivity contribution >= 4 is 29.0 Å². The molecule has 1 heterocycles. The number of anilines is 1. The summed E-state index contributed by atoms with van der Waals surface area (Å²) in [4.78, 5) is 28.6. The molecule has 0 saturated carbocycles. The SMILES string of the molecule is COC(=O)CCCC(=O)C1=Nc2c(CO)cccc2CN(c2ccccc2)N1. The maximum atomic E-state index is 12.8. The molecule has 0 aliphatic carbocycles. The summed E-state index contributed by atoms with van der Waals surface area (Å²) in [6.07, 6.45) is 0.725. The molecule has 146 valence electrons. The number of fused-ring (bicyclic) bond motifs is 1. The fraction of sp³-hybridized carbons (Fsp3) is 0.286. The molecular formula is C21H23N3O4. The van der Waals surface area contributed by atoms with Gasteiger partial charge in [0.25, 0.3) is 0 Å². The van der Waals surface area contributed by atoms with Crippen molar-refractivity contribution in [1.29, 1.82) is 0 Å². The lowest BCUT2D eigenvalue weighted by molar-refractivity contribution is -0.140. The molecule has 2 N–H and O–H groups in total. The molecule has 0 unspecified atom stereocenters. The van der Waals surface area contributed by atoms with E-state index in [9.17, 15) is 14.7 Å². The summed E-state index contributed by atoms with van der Waals surface area (Å²) >= 11 is 0. The van der Waals surface area contributed by atoms with Crippen LogP contribution in [0.1, 0.15) is 30.4 Å². The number of para-hydroxylation sites is 2. The van der Waals surface area contributed by atoms with Gasteiger partial charge in [-0.25, -0.2) is 4.99 Å². The number of Topliss-reactive ketones (excluding diaryl/α,β-unsaturated/α-hetero) is 1. The lowest BCUT2D eigenvalue weighted by Crippen LogP contribution is -2.44. The van der Waals surface area contributed by atoms with Gasteiger partial charge in [0.2, 0.25) is 0 Å². The van der Waals surface area contributed by atoms with E-state index < -0.39 is 0 Å². The molecule has 0 saturated heterocycles. The molecule has 2 aromatic rings. The van der Waals surface area contributed by atoms with Crippen LogP contribution in [0.4, 0.5) is 11.4 Å². The van der Waals surface area contributed by atoms with E-state index in [0.717, 1.165) is 11.3 Å². The number of nitrogens with zero attached hydrogens (tertiary/aromatic N) is 2.